The minimum atomic E-state index is 1.13. The van der Waals surface area contributed by atoms with Crippen molar-refractivity contribution < 1.29 is 0 Å². The van der Waals surface area contributed by atoms with E-state index in [1.165, 1.54) is 17.9 Å². The van der Waals surface area contributed by atoms with Crippen molar-refractivity contribution in [3.05, 3.63) is 11.8 Å². The first-order valence-corrected chi connectivity index (χ1v) is 5.10. The molecule has 0 unspecified atom stereocenters. The van der Waals surface area contributed by atoms with Gasteiger partial charge in [-0.25, -0.2) is 0 Å². The van der Waals surface area contributed by atoms with Crippen LogP contribution in [0.3, 0.4) is 0 Å². The highest BCUT2D eigenvalue weighted by molar-refractivity contribution is 7.98. The molecule has 2 heteroatoms. The maximum atomic E-state index is 3.19. The second-order valence-corrected chi connectivity index (χ2v) is 3.12. The molecule has 60 valence electrons. The van der Waals surface area contributed by atoms with Gasteiger partial charge in [0.15, 0.2) is 0 Å². The molecule has 0 aromatic rings. The minimum Gasteiger partial charge on any atom is -0.392 e. The summed E-state index contributed by atoms with van der Waals surface area (Å²) >= 11 is 1.89. The first-order chi connectivity index (χ1) is 4.85. The zero-order chi connectivity index (χ0) is 7.82. The van der Waals surface area contributed by atoms with Crippen LogP contribution in [0.15, 0.2) is 11.8 Å². The lowest BCUT2D eigenvalue weighted by Gasteiger charge is -2.03. The Morgan fingerprint density at radius 2 is 2.30 bits per heavy atom. The lowest BCUT2D eigenvalue weighted by atomic mass is 10.3. The van der Waals surface area contributed by atoms with Crippen LogP contribution in [-0.2, 0) is 0 Å². The lowest BCUT2D eigenvalue weighted by Crippen LogP contribution is -2.06. The smallest absolute Gasteiger partial charge is 0.00716 e. The first kappa shape index (κ1) is 9.89. The summed E-state index contributed by atoms with van der Waals surface area (Å²) in [7, 11) is 1.99. The van der Waals surface area contributed by atoms with Gasteiger partial charge in [0.1, 0.15) is 0 Å². The molecule has 0 heterocycles. The van der Waals surface area contributed by atoms with Gasteiger partial charge in [-0.3, -0.25) is 0 Å². The van der Waals surface area contributed by atoms with Crippen molar-refractivity contribution in [1.82, 2.24) is 5.32 Å². The van der Waals surface area contributed by atoms with E-state index < -0.39 is 0 Å². The molecule has 0 saturated heterocycles. The van der Waals surface area contributed by atoms with Crippen LogP contribution in [0, 0.1) is 0 Å². The molecule has 0 radical (unpaired) electrons. The van der Waals surface area contributed by atoms with Crippen molar-refractivity contribution in [2.24, 2.45) is 0 Å². The molecule has 0 aliphatic rings. The maximum absolute atomic E-state index is 3.19. The van der Waals surface area contributed by atoms with Gasteiger partial charge in [0.05, 0.1) is 0 Å². The van der Waals surface area contributed by atoms with Gasteiger partial charge in [-0.05, 0) is 24.9 Å². The zero-order valence-electron chi connectivity index (χ0n) is 7.11. The molecule has 0 spiro atoms. The molecule has 0 aromatic heterocycles. The van der Waals surface area contributed by atoms with Crippen LogP contribution in [0.1, 0.15) is 19.8 Å². The minimum absolute atomic E-state index is 1.13. The van der Waals surface area contributed by atoms with Crippen LogP contribution in [0.25, 0.3) is 0 Å². The third-order valence-electron chi connectivity index (χ3n) is 1.35. The normalized spacial score (nSPS) is 11.7. The molecule has 0 amide bonds. The van der Waals surface area contributed by atoms with Crippen molar-refractivity contribution in [1.29, 1.82) is 0 Å². The molecule has 10 heavy (non-hydrogen) atoms. The van der Waals surface area contributed by atoms with E-state index in [-0.39, 0.29) is 0 Å². The van der Waals surface area contributed by atoms with Crippen LogP contribution in [0.2, 0.25) is 0 Å². The number of nitrogens with one attached hydrogen (secondary N) is 1. The summed E-state index contributed by atoms with van der Waals surface area (Å²) in [5.74, 6) is 1.21. The summed E-state index contributed by atoms with van der Waals surface area (Å²) in [5.41, 5.74) is 1.37. The lowest BCUT2D eigenvalue weighted by molar-refractivity contribution is 0.890. The van der Waals surface area contributed by atoms with E-state index >= 15 is 0 Å². The van der Waals surface area contributed by atoms with E-state index in [9.17, 15) is 0 Å². The highest BCUT2D eigenvalue weighted by Gasteiger charge is 1.90. The standard InChI is InChI=1S/C8H17NS/c1-4-5-8(9-2)6-7-10-3/h5,9H,4,6-7H2,1-3H3/b8-5-. The summed E-state index contributed by atoms with van der Waals surface area (Å²) in [5, 5.41) is 3.19. The Hall–Kier alpha value is -0.110. The summed E-state index contributed by atoms with van der Waals surface area (Å²) < 4.78 is 0. The van der Waals surface area contributed by atoms with Gasteiger partial charge in [-0.2, -0.15) is 11.8 Å². The van der Waals surface area contributed by atoms with Gasteiger partial charge < -0.3 is 5.32 Å². The predicted octanol–water partition coefficient (Wildman–Crippen LogP) is 2.25. The molecule has 0 atom stereocenters. The Morgan fingerprint density at radius 3 is 2.70 bits per heavy atom. The zero-order valence-corrected chi connectivity index (χ0v) is 7.92. The molecule has 0 fully saturated rings. The Labute approximate surface area is 68.3 Å². The Kier molecular flexibility index (Phi) is 6.93. The maximum Gasteiger partial charge on any atom is 0.00716 e. The largest absolute Gasteiger partial charge is 0.392 e. The summed E-state index contributed by atoms with van der Waals surface area (Å²) in [6.07, 6.45) is 6.69. The average Bonchev–Trinajstić information content (AvgIpc) is 1.98. The fraction of sp³-hybridized carbons (Fsp3) is 0.750. The number of thioether (sulfide) groups is 1. The summed E-state index contributed by atoms with van der Waals surface area (Å²) in [6.45, 7) is 2.16. The monoisotopic (exact) mass is 159 g/mol. The van der Waals surface area contributed by atoms with E-state index in [0.717, 1.165) is 6.42 Å². The highest BCUT2D eigenvalue weighted by atomic mass is 32.2. The van der Waals surface area contributed by atoms with Gasteiger partial charge in [0, 0.05) is 12.7 Å². The van der Waals surface area contributed by atoms with Gasteiger partial charge in [0.2, 0.25) is 0 Å². The molecule has 0 rings (SSSR count). The molecule has 0 aliphatic carbocycles. The van der Waals surface area contributed by atoms with E-state index in [1.807, 2.05) is 18.8 Å². The van der Waals surface area contributed by atoms with Crippen molar-refractivity contribution >= 4 is 11.8 Å². The molecular formula is C8H17NS. The number of hydrogen-bond donors (Lipinski definition) is 1. The van der Waals surface area contributed by atoms with Crippen LogP contribution in [0.4, 0.5) is 0 Å². The van der Waals surface area contributed by atoms with Crippen LogP contribution in [-0.4, -0.2) is 19.1 Å². The Bertz CT molecular complexity index is 99.4. The van der Waals surface area contributed by atoms with Crippen LogP contribution < -0.4 is 5.32 Å². The number of rotatable bonds is 5. The van der Waals surface area contributed by atoms with Crippen LogP contribution in [0.5, 0.6) is 0 Å². The molecule has 0 aromatic carbocycles. The van der Waals surface area contributed by atoms with Crippen molar-refractivity contribution in [2.75, 3.05) is 19.1 Å². The Morgan fingerprint density at radius 1 is 1.60 bits per heavy atom. The van der Waals surface area contributed by atoms with E-state index in [2.05, 4.69) is 24.6 Å². The van der Waals surface area contributed by atoms with Gasteiger partial charge in [-0.1, -0.05) is 13.0 Å². The van der Waals surface area contributed by atoms with Crippen molar-refractivity contribution in [2.45, 2.75) is 19.8 Å². The average molecular weight is 159 g/mol. The van der Waals surface area contributed by atoms with Gasteiger partial charge in [-0.15, -0.1) is 0 Å². The fourth-order valence-electron chi connectivity index (χ4n) is 0.788. The topological polar surface area (TPSA) is 12.0 Å². The molecule has 0 saturated carbocycles. The molecular weight excluding hydrogens is 142 g/mol. The second kappa shape index (κ2) is 7.00. The van der Waals surface area contributed by atoms with Crippen LogP contribution >= 0.6 is 11.8 Å². The van der Waals surface area contributed by atoms with E-state index in [4.69, 9.17) is 0 Å². The second-order valence-electron chi connectivity index (χ2n) is 2.13. The number of hydrogen-bond acceptors (Lipinski definition) is 2. The molecule has 1 N–H and O–H groups in total. The van der Waals surface area contributed by atoms with Gasteiger partial charge in [0.25, 0.3) is 0 Å². The number of allylic oxidation sites excluding steroid dienone is 2. The van der Waals surface area contributed by atoms with E-state index in [0.29, 0.717) is 0 Å². The molecule has 0 aliphatic heterocycles. The van der Waals surface area contributed by atoms with Crippen molar-refractivity contribution in [3.63, 3.8) is 0 Å². The third-order valence-corrected chi connectivity index (χ3v) is 1.96. The first-order valence-electron chi connectivity index (χ1n) is 3.70. The summed E-state index contributed by atoms with van der Waals surface area (Å²) in [6, 6.07) is 0. The molecule has 1 nitrogen and oxygen atoms in total. The fourth-order valence-corrected chi connectivity index (χ4v) is 1.21. The SMILES string of the molecule is CC/C=C(/CCSC)NC. The third kappa shape index (κ3) is 4.74. The quantitative estimate of drug-likeness (QED) is 0.660. The van der Waals surface area contributed by atoms with E-state index in [1.54, 1.807) is 0 Å². The Balaban J connectivity index is 3.49. The van der Waals surface area contributed by atoms with Gasteiger partial charge >= 0.3 is 0 Å². The highest BCUT2D eigenvalue weighted by Crippen LogP contribution is 2.03. The summed E-state index contributed by atoms with van der Waals surface area (Å²) in [4.78, 5) is 0. The van der Waals surface area contributed by atoms with Crippen molar-refractivity contribution in [3.8, 4) is 0 Å². The molecule has 0 bridgehead atoms. The predicted molar refractivity (Wildman–Crippen MR) is 50.4 cm³/mol.